The van der Waals surface area contributed by atoms with E-state index in [2.05, 4.69) is 48.1 Å². The van der Waals surface area contributed by atoms with Crippen LogP contribution in [0.2, 0.25) is 0 Å². The SMILES string of the molecule is Cc1ccc(-n2c(CN(C)c3ccc(F)cc3)nn(CCCN(C)c3ccncc3)c2=S)cc1. The summed E-state index contributed by atoms with van der Waals surface area (Å²) >= 11 is 5.86. The van der Waals surface area contributed by atoms with Gasteiger partial charge in [-0.05, 0) is 74.1 Å². The van der Waals surface area contributed by atoms with Crippen molar-refractivity contribution < 1.29 is 4.39 Å². The highest BCUT2D eigenvalue weighted by Crippen LogP contribution is 2.19. The van der Waals surface area contributed by atoms with Gasteiger partial charge in [0.1, 0.15) is 5.82 Å². The van der Waals surface area contributed by atoms with E-state index in [1.165, 1.54) is 17.7 Å². The van der Waals surface area contributed by atoms with E-state index in [-0.39, 0.29) is 5.82 Å². The van der Waals surface area contributed by atoms with Crippen molar-refractivity contribution in [3.05, 3.63) is 95.0 Å². The van der Waals surface area contributed by atoms with Gasteiger partial charge in [-0.3, -0.25) is 9.55 Å². The lowest BCUT2D eigenvalue weighted by molar-refractivity contribution is 0.564. The first-order chi connectivity index (χ1) is 16.4. The molecular weight excluding hydrogens is 447 g/mol. The van der Waals surface area contributed by atoms with Crippen LogP contribution in [-0.2, 0) is 13.1 Å². The van der Waals surface area contributed by atoms with E-state index < -0.39 is 0 Å². The zero-order chi connectivity index (χ0) is 24.1. The van der Waals surface area contributed by atoms with Gasteiger partial charge in [0.15, 0.2) is 5.82 Å². The van der Waals surface area contributed by atoms with Crippen LogP contribution in [0, 0.1) is 17.5 Å². The molecule has 2 aromatic heterocycles. The highest BCUT2D eigenvalue weighted by molar-refractivity contribution is 7.71. The van der Waals surface area contributed by atoms with Crippen molar-refractivity contribution in [3.63, 3.8) is 0 Å². The molecule has 0 unspecified atom stereocenters. The molecule has 0 amide bonds. The van der Waals surface area contributed by atoms with Crippen LogP contribution in [0.5, 0.6) is 0 Å². The number of benzene rings is 2. The van der Waals surface area contributed by atoms with Crippen molar-refractivity contribution in [1.82, 2.24) is 19.3 Å². The van der Waals surface area contributed by atoms with Crippen LogP contribution < -0.4 is 9.80 Å². The Hall–Kier alpha value is -3.52. The molecular formula is C26H29FN6S. The molecule has 0 N–H and O–H groups in total. The summed E-state index contributed by atoms with van der Waals surface area (Å²) in [6.45, 7) is 4.18. The number of anilines is 2. The van der Waals surface area contributed by atoms with E-state index in [9.17, 15) is 4.39 Å². The molecule has 0 aliphatic rings. The second-order valence-electron chi connectivity index (χ2n) is 8.41. The minimum absolute atomic E-state index is 0.249. The Balaban J connectivity index is 1.56. The molecule has 176 valence electrons. The summed E-state index contributed by atoms with van der Waals surface area (Å²) in [5.74, 6) is 0.587. The summed E-state index contributed by atoms with van der Waals surface area (Å²) in [5.41, 5.74) is 4.21. The number of aromatic nitrogens is 4. The maximum Gasteiger partial charge on any atom is 0.202 e. The molecule has 4 rings (SSSR count). The molecule has 0 radical (unpaired) electrons. The molecule has 0 saturated carbocycles. The van der Waals surface area contributed by atoms with E-state index in [1.807, 2.05) is 33.3 Å². The predicted molar refractivity (Wildman–Crippen MR) is 138 cm³/mol. The number of pyridine rings is 1. The minimum atomic E-state index is -0.249. The number of rotatable bonds is 9. The molecule has 6 nitrogen and oxygen atoms in total. The van der Waals surface area contributed by atoms with Crippen molar-refractivity contribution >= 4 is 23.6 Å². The van der Waals surface area contributed by atoms with Gasteiger partial charge in [0.05, 0.1) is 6.54 Å². The summed E-state index contributed by atoms with van der Waals surface area (Å²) in [5, 5.41) is 4.89. The van der Waals surface area contributed by atoms with Gasteiger partial charge < -0.3 is 9.80 Å². The Labute approximate surface area is 204 Å². The quantitative estimate of drug-likeness (QED) is 0.302. The van der Waals surface area contributed by atoms with Gasteiger partial charge in [0, 0.05) is 56.6 Å². The lowest BCUT2D eigenvalue weighted by Crippen LogP contribution is -2.20. The minimum Gasteiger partial charge on any atom is -0.374 e. The molecule has 0 aliphatic heterocycles. The maximum absolute atomic E-state index is 13.4. The van der Waals surface area contributed by atoms with E-state index in [1.54, 1.807) is 24.5 Å². The summed E-state index contributed by atoms with van der Waals surface area (Å²) in [6, 6.07) is 18.8. The molecule has 4 aromatic rings. The molecule has 0 spiro atoms. The standard InChI is InChI=1S/C26H29FN6S/c1-20-5-9-24(10-6-20)33-25(19-31(3)22-11-7-21(27)8-12-22)29-32(26(33)34)18-4-17-30(2)23-13-15-28-16-14-23/h5-16H,4,17-19H2,1-3H3. The smallest absolute Gasteiger partial charge is 0.202 e. The van der Waals surface area contributed by atoms with Gasteiger partial charge in [-0.1, -0.05) is 17.7 Å². The van der Waals surface area contributed by atoms with Crippen LogP contribution in [0.4, 0.5) is 15.8 Å². The normalized spacial score (nSPS) is 10.9. The largest absolute Gasteiger partial charge is 0.374 e. The third-order valence-corrected chi connectivity index (χ3v) is 6.20. The second-order valence-corrected chi connectivity index (χ2v) is 8.77. The van der Waals surface area contributed by atoms with Gasteiger partial charge >= 0.3 is 0 Å². The number of aryl methyl sites for hydroxylation is 2. The average molecular weight is 477 g/mol. The fraction of sp³-hybridized carbons (Fsp3) is 0.269. The molecule has 0 bridgehead atoms. The van der Waals surface area contributed by atoms with Crippen molar-refractivity contribution in [1.29, 1.82) is 0 Å². The first-order valence-corrected chi connectivity index (χ1v) is 11.7. The van der Waals surface area contributed by atoms with Crippen LogP contribution in [-0.4, -0.2) is 40.0 Å². The summed E-state index contributed by atoms with van der Waals surface area (Å²) in [7, 11) is 4.04. The fourth-order valence-corrected chi connectivity index (χ4v) is 4.18. The van der Waals surface area contributed by atoms with E-state index in [4.69, 9.17) is 17.3 Å². The van der Waals surface area contributed by atoms with Gasteiger partial charge in [-0.2, -0.15) is 5.10 Å². The van der Waals surface area contributed by atoms with E-state index >= 15 is 0 Å². The highest BCUT2D eigenvalue weighted by Gasteiger charge is 2.15. The van der Waals surface area contributed by atoms with Crippen molar-refractivity contribution in [2.45, 2.75) is 26.4 Å². The third-order valence-electron chi connectivity index (χ3n) is 5.81. The Morgan fingerprint density at radius 3 is 2.21 bits per heavy atom. The highest BCUT2D eigenvalue weighted by atomic mass is 32.1. The van der Waals surface area contributed by atoms with Gasteiger partial charge in [0.25, 0.3) is 0 Å². The molecule has 8 heteroatoms. The van der Waals surface area contributed by atoms with Gasteiger partial charge in [0.2, 0.25) is 4.77 Å². The Bertz CT molecular complexity index is 1270. The van der Waals surface area contributed by atoms with Gasteiger partial charge in [-0.25, -0.2) is 9.07 Å². The van der Waals surface area contributed by atoms with Crippen LogP contribution in [0.15, 0.2) is 73.1 Å². The summed E-state index contributed by atoms with van der Waals surface area (Å²) in [6.07, 6.45) is 4.50. The fourth-order valence-electron chi connectivity index (χ4n) is 3.84. The molecule has 2 heterocycles. The average Bonchev–Trinajstić information content (AvgIpc) is 3.15. The molecule has 0 saturated heterocycles. The van der Waals surface area contributed by atoms with E-state index in [0.717, 1.165) is 35.9 Å². The topological polar surface area (TPSA) is 42.1 Å². The zero-order valence-electron chi connectivity index (χ0n) is 19.7. The number of hydrogen-bond donors (Lipinski definition) is 0. The summed E-state index contributed by atoms with van der Waals surface area (Å²) in [4.78, 5) is 8.33. The molecule has 0 aliphatic carbocycles. The van der Waals surface area contributed by atoms with Gasteiger partial charge in [-0.15, -0.1) is 0 Å². The Kier molecular flexibility index (Phi) is 7.37. The third kappa shape index (κ3) is 5.51. The Morgan fingerprint density at radius 2 is 1.53 bits per heavy atom. The molecule has 0 atom stereocenters. The summed E-state index contributed by atoms with van der Waals surface area (Å²) < 4.78 is 18.0. The lowest BCUT2D eigenvalue weighted by Gasteiger charge is -2.19. The number of nitrogens with zero attached hydrogens (tertiary/aromatic N) is 6. The molecule has 0 fully saturated rings. The monoisotopic (exact) mass is 476 g/mol. The second kappa shape index (κ2) is 10.6. The van der Waals surface area contributed by atoms with Crippen LogP contribution in [0.25, 0.3) is 5.69 Å². The Morgan fingerprint density at radius 1 is 0.882 bits per heavy atom. The van der Waals surface area contributed by atoms with Crippen LogP contribution in [0.3, 0.4) is 0 Å². The molecule has 2 aromatic carbocycles. The maximum atomic E-state index is 13.4. The van der Waals surface area contributed by atoms with Crippen molar-refractivity contribution in [3.8, 4) is 5.69 Å². The number of halogens is 1. The molecule has 34 heavy (non-hydrogen) atoms. The van der Waals surface area contributed by atoms with Crippen LogP contribution >= 0.6 is 12.2 Å². The van der Waals surface area contributed by atoms with Crippen LogP contribution in [0.1, 0.15) is 17.8 Å². The predicted octanol–water partition coefficient (Wildman–Crippen LogP) is 5.41. The van der Waals surface area contributed by atoms with Crippen molar-refractivity contribution in [2.24, 2.45) is 0 Å². The van der Waals surface area contributed by atoms with E-state index in [0.29, 0.717) is 17.9 Å². The number of hydrogen-bond acceptors (Lipinski definition) is 5. The first kappa shape index (κ1) is 23.6. The lowest BCUT2D eigenvalue weighted by atomic mass is 10.2. The zero-order valence-corrected chi connectivity index (χ0v) is 20.5. The first-order valence-electron chi connectivity index (χ1n) is 11.3. The van der Waals surface area contributed by atoms with Crippen molar-refractivity contribution in [2.75, 3.05) is 30.4 Å².